The number of hydrogen-bond donors (Lipinski definition) is 1. The Morgan fingerprint density at radius 3 is 2.86 bits per heavy atom. The van der Waals surface area contributed by atoms with Gasteiger partial charge < -0.3 is 10.0 Å². The molecule has 0 aliphatic rings. The summed E-state index contributed by atoms with van der Waals surface area (Å²) < 4.78 is 0. The fourth-order valence-electron chi connectivity index (χ4n) is 1.13. The molecule has 0 aliphatic carbocycles. The lowest BCUT2D eigenvalue weighted by atomic mass is 10.3. The van der Waals surface area contributed by atoms with Gasteiger partial charge in [0.05, 0.1) is 17.3 Å². The standard InChI is InChI=1S/C9H14N2O2S/c1-6(12)5-11(3)9(13)8-4-10-7(2)14-8/h4,6,12H,5H2,1-3H3. The summed E-state index contributed by atoms with van der Waals surface area (Å²) >= 11 is 1.37. The molecule has 1 unspecified atom stereocenters. The molecule has 0 saturated carbocycles. The molecule has 1 amide bonds. The summed E-state index contributed by atoms with van der Waals surface area (Å²) in [4.78, 5) is 17.8. The molecular formula is C9H14N2O2S. The maximum atomic E-state index is 11.7. The van der Waals surface area contributed by atoms with E-state index >= 15 is 0 Å². The zero-order chi connectivity index (χ0) is 10.7. The Kier molecular flexibility index (Phi) is 3.60. The Morgan fingerprint density at radius 2 is 2.43 bits per heavy atom. The van der Waals surface area contributed by atoms with Crippen molar-refractivity contribution in [3.05, 3.63) is 16.1 Å². The van der Waals surface area contributed by atoms with Gasteiger partial charge >= 0.3 is 0 Å². The van der Waals surface area contributed by atoms with Crippen LogP contribution in [0.25, 0.3) is 0 Å². The van der Waals surface area contributed by atoms with Gasteiger partial charge in [-0.2, -0.15) is 0 Å². The number of amides is 1. The second kappa shape index (κ2) is 4.52. The third kappa shape index (κ3) is 2.78. The molecule has 0 spiro atoms. The Morgan fingerprint density at radius 1 is 1.79 bits per heavy atom. The average Bonchev–Trinajstić information content (AvgIpc) is 2.49. The lowest BCUT2D eigenvalue weighted by molar-refractivity contribution is 0.0708. The fourth-order valence-corrected chi connectivity index (χ4v) is 1.90. The van der Waals surface area contributed by atoms with Crippen LogP contribution in [-0.4, -0.2) is 40.6 Å². The molecule has 4 nitrogen and oxygen atoms in total. The normalized spacial score (nSPS) is 12.6. The highest BCUT2D eigenvalue weighted by molar-refractivity contribution is 7.13. The maximum absolute atomic E-state index is 11.7. The summed E-state index contributed by atoms with van der Waals surface area (Å²) in [6, 6.07) is 0. The minimum atomic E-state index is -0.502. The third-order valence-electron chi connectivity index (χ3n) is 1.72. The van der Waals surface area contributed by atoms with Crippen LogP contribution in [0.5, 0.6) is 0 Å². The minimum Gasteiger partial charge on any atom is -0.392 e. The number of hydrogen-bond acceptors (Lipinski definition) is 4. The van der Waals surface area contributed by atoms with Gasteiger partial charge in [0, 0.05) is 13.6 Å². The first kappa shape index (κ1) is 11.1. The van der Waals surface area contributed by atoms with Crippen LogP contribution in [0.15, 0.2) is 6.20 Å². The fraction of sp³-hybridized carbons (Fsp3) is 0.556. The molecule has 1 rings (SSSR count). The first-order valence-corrected chi connectivity index (χ1v) is 5.18. The van der Waals surface area contributed by atoms with E-state index in [0.29, 0.717) is 11.4 Å². The minimum absolute atomic E-state index is 0.0866. The lowest BCUT2D eigenvalue weighted by Gasteiger charge is -2.17. The maximum Gasteiger partial charge on any atom is 0.265 e. The zero-order valence-electron chi connectivity index (χ0n) is 8.52. The Labute approximate surface area is 87.2 Å². The SMILES string of the molecule is Cc1ncc(C(=O)N(C)CC(C)O)s1. The smallest absolute Gasteiger partial charge is 0.265 e. The van der Waals surface area contributed by atoms with E-state index in [1.807, 2.05) is 6.92 Å². The van der Waals surface area contributed by atoms with Gasteiger partial charge in [-0.1, -0.05) is 0 Å². The summed E-state index contributed by atoms with van der Waals surface area (Å²) in [6.45, 7) is 3.85. The van der Waals surface area contributed by atoms with Crippen molar-refractivity contribution in [2.45, 2.75) is 20.0 Å². The van der Waals surface area contributed by atoms with Crippen molar-refractivity contribution >= 4 is 17.2 Å². The number of nitrogens with zero attached hydrogens (tertiary/aromatic N) is 2. The molecule has 1 aromatic heterocycles. The van der Waals surface area contributed by atoms with Crippen LogP contribution >= 0.6 is 11.3 Å². The zero-order valence-corrected chi connectivity index (χ0v) is 9.34. The van der Waals surface area contributed by atoms with Crippen molar-refractivity contribution in [3.8, 4) is 0 Å². The van der Waals surface area contributed by atoms with Gasteiger partial charge in [0.25, 0.3) is 5.91 Å². The Hall–Kier alpha value is -0.940. The molecule has 1 heterocycles. The van der Waals surface area contributed by atoms with Gasteiger partial charge in [0.1, 0.15) is 4.88 Å². The molecule has 14 heavy (non-hydrogen) atoms. The molecule has 0 aromatic carbocycles. The summed E-state index contributed by atoms with van der Waals surface area (Å²) in [5.74, 6) is -0.0866. The quantitative estimate of drug-likeness (QED) is 0.813. The number of aryl methyl sites for hydroxylation is 1. The second-order valence-corrected chi connectivity index (χ2v) is 4.51. The number of aliphatic hydroxyl groups is 1. The van der Waals surface area contributed by atoms with Crippen molar-refractivity contribution in [1.82, 2.24) is 9.88 Å². The predicted octanol–water partition coefficient (Wildman–Crippen LogP) is 0.904. The van der Waals surface area contributed by atoms with E-state index < -0.39 is 6.10 Å². The topological polar surface area (TPSA) is 53.4 Å². The highest BCUT2D eigenvalue weighted by atomic mass is 32.1. The van der Waals surface area contributed by atoms with Crippen LogP contribution in [0.3, 0.4) is 0 Å². The van der Waals surface area contributed by atoms with Crippen LogP contribution in [0, 0.1) is 6.92 Å². The largest absolute Gasteiger partial charge is 0.392 e. The molecule has 1 aromatic rings. The van der Waals surface area contributed by atoms with E-state index in [1.54, 1.807) is 20.2 Å². The number of carbonyl (C=O) groups is 1. The van der Waals surface area contributed by atoms with E-state index in [9.17, 15) is 4.79 Å². The van der Waals surface area contributed by atoms with Crippen LogP contribution in [0.4, 0.5) is 0 Å². The predicted molar refractivity (Wildman–Crippen MR) is 55.5 cm³/mol. The van der Waals surface area contributed by atoms with E-state index in [4.69, 9.17) is 5.11 Å². The number of carbonyl (C=O) groups excluding carboxylic acids is 1. The molecule has 0 bridgehead atoms. The highest BCUT2D eigenvalue weighted by Crippen LogP contribution is 2.13. The monoisotopic (exact) mass is 214 g/mol. The van der Waals surface area contributed by atoms with Gasteiger partial charge in [-0.15, -0.1) is 11.3 Å². The van der Waals surface area contributed by atoms with E-state index in [2.05, 4.69) is 4.98 Å². The third-order valence-corrected chi connectivity index (χ3v) is 2.62. The molecule has 5 heteroatoms. The van der Waals surface area contributed by atoms with Crippen molar-refractivity contribution in [2.24, 2.45) is 0 Å². The Balaban J connectivity index is 2.65. The molecule has 1 N–H and O–H groups in total. The van der Waals surface area contributed by atoms with Crippen LogP contribution in [0.2, 0.25) is 0 Å². The van der Waals surface area contributed by atoms with Crippen LogP contribution in [0.1, 0.15) is 21.6 Å². The number of likely N-dealkylation sites (N-methyl/N-ethyl adjacent to an activating group) is 1. The molecule has 0 aliphatic heterocycles. The molecule has 78 valence electrons. The summed E-state index contributed by atoms with van der Waals surface area (Å²) in [5, 5.41) is 9.99. The van der Waals surface area contributed by atoms with E-state index in [-0.39, 0.29) is 5.91 Å². The van der Waals surface area contributed by atoms with Gasteiger partial charge in [-0.3, -0.25) is 4.79 Å². The highest BCUT2D eigenvalue weighted by Gasteiger charge is 2.15. The summed E-state index contributed by atoms with van der Waals surface area (Å²) in [7, 11) is 1.67. The number of aliphatic hydroxyl groups excluding tert-OH is 1. The van der Waals surface area contributed by atoms with Gasteiger partial charge in [-0.05, 0) is 13.8 Å². The average molecular weight is 214 g/mol. The van der Waals surface area contributed by atoms with Gasteiger partial charge in [0.15, 0.2) is 0 Å². The lowest BCUT2D eigenvalue weighted by Crippen LogP contribution is -2.32. The van der Waals surface area contributed by atoms with Crippen molar-refractivity contribution in [2.75, 3.05) is 13.6 Å². The Bertz CT molecular complexity index is 322. The molecule has 1 atom stereocenters. The van der Waals surface area contributed by atoms with E-state index in [0.717, 1.165) is 5.01 Å². The van der Waals surface area contributed by atoms with Crippen LogP contribution in [-0.2, 0) is 0 Å². The molecule has 0 radical (unpaired) electrons. The summed E-state index contributed by atoms with van der Waals surface area (Å²) in [6.07, 6.45) is 1.07. The van der Waals surface area contributed by atoms with E-state index in [1.165, 1.54) is 16.2 Å². The number of rotatable bonds is 3. The van der Waals surface area contributed by atoms with Gasteiger partial charge in [-0.25, -0.2) is 4.98 Å². The molecule has 0 saturated heterocycles. The number of aromatic nitrogens is 1. The van der Waals surface area contributed by atoms with Crippen molar-refractivity contribution in [1.29, 1.82) is 0 Å². The summed E-state index contributed by atoms with van der Waals surface area (Å²) in [5.41, 5.74) is 0. The van der Waals surface area contributed by atoms with Crippen LogP contribution < -0.4 is 0 Å². The van der Waals surface area contributed by atoms with Gasteiger partial charge in [0.2, 0.25) is 0 Å². The second-order valence-electron chi connectivity index (χ2n) is 3.28. The van der Waals surface area contributed by atoms with Crippen molar-refractivity contribution < 1.29 is 9.90 Å². The molecular weight excluding hydrogens is 200 g/mol. The first-order valence-electron chi connectivity index (χ1n) is 4.36. The first-order chi connectivity index (χ1) is 6.50. The van der Waals surface area contributed by atoms with Crippen molar-refractivity contribution in [3.63, 3.8) is 0 Å². The number of thiazole rings is 1. The molecule has 0 fully saturated rings.